The van der Waals surface area contributed by atoms with Crippen LogP contribution in [0.25, 0.3) is 0 Å². The Morgan fingerprint density at radius 2 is 2.00 bits per heavy atom. The number of sulfonamides is 1. The Hall–Kier alpha value is -1.64. The molecule has 0 saturated carbocycles. The van der Waals surface area contributed by atoms with Crippen LogP contribution in [-0.2, 0) is 14.8 Å². The van der Waals surface area contributed by atoms with Gasteiger partial charge in [0.05, 0.1) is 24.1 Å². The molecule has 0 spiro atoms. The highest BCUT2D eigenvalue weighted by molar-refractivity contribution is 7.88. The van der Waals surface area contributed by atoms with Crippen LogP contribution in [0.2, 0.25) is 5.02 Å². The molecule has 0 fully saturated rings. The van der Waals surface area contributed by atoms with Gasteiger partial charge in [0.1, 0.15) is 0 Å². The number of benzene rings is 1. The fourth-order valence-corrected chi connectivity index (χ4v) is 1.76. The summed E-state index contributed by atoms with van der Waals surface area (Å²) in [6.07, 6.45) is 0.908. The molecule has 0 atom stereocenters. The first kappa shape index (κ1) is 15.4. The summed E-state index contributed by atoms with van der Waals surface area (Å²) in [6, 6.07) is 3.92. The summed E-state index contributed by atoms with van der Waals surface area (Å²) in [4.78, 5) is 22.4. The molecular weight excluding hydrogens is 296 g/mol. The number of hydrogen-bond acceptors (Lipinski definition) is 4. The van der Waals surface area contributed by atoms with Crippen LogP contribution in [0.3, 0.4) is 0 Å². The Labute approximate surface area is 114 Å². The zero-order chi connectivity index (χ0) is 14.6. The zero-order valence-electron chi connectivity index (χ0n) is 9.81. The van der Waals surface area contributed by atoms with Crippen LogP contribution in [0.5, 0.6) is 0 Å². The molecule has 0 radical (unpaired) electrons. The molecule has 0 saturated heterocycles. The Balaban J connectivity index is 2.82. The van der Waals surface area contributed by atoms with E-state index in [9.17, 15) is 18.0 Å². The number of hydrogen-bond donors (Lipinski definition) is 3. The number of nitrogens with one attached hydrogen (secondary N) is 2. The molecule has 3 N–H and O–H groups in total. The molecule has 1 amide bonds. The Kier molecular flexibility index (Phi) is 4.87. The number of carbonyl (C=O) groups excluding carboxylic acids is 1. The van der Waals surface area contributed by atoms with E-state index in [1.165, 1.54) is 18.2 Å². The number of carboxylic acids is 1. The largest absolute Gasteiger partial charge is 0.478 e. The number of aromatic carboxylic acids is 1. The third-order valence-corrected chi connectivity index (χ3v) is 2.88. The van der Waals surface area contributed by atoms with Crippen LogP contribution in [0.4, 0.5) is 5.69 Å². The summed E-state index contributed by atoms with van der Waals surface area (Å²) >= 11 is 5.65. The van der Waals surface area contributed by atoms with Gasteiger partial charge in [-0.1, -0.05) is 11.6 Å². The van der Waals surface area contributed by atoms with Crippen molar-refractivity contribution in [3.05, 3.63) is 28.8 Å². The van der Waals surface area contributed by atoms with E-state index >= 15 is 0 Å². The lowest BCUT2D eigenvalue weighted by atomic mass is 10.2. The van der Waals surface area contributed by atoms with E-state index in [1.807, 2.05) is 4.72 Å². The van der Waals surface area contributed by atoms with Crippen LogP contribution in [0, 0.1) is 0 Å². The predicted octanol–water partition coefficient (Wildman–Crippen LogP) is 0.526. The van der Waals surface area contributed by atoms with E-state index in [0.717, 1.165) is 6.26 Å². The van der Waals surface area contributed by atoms with E-state index in [1.54, 1.807) is 0 Å². The minimum absolute atomic E-state index is 0.0391. The lowest BCUT2D eigenvalue weighted by molar-refractivity contribution is -0.115. The summed E-state index contributed by atoms with van der Waals surface area (Å²) < 4.78 is 23.6. The molecule has 1 rings (SSSR count). The fraction of sp³-hybridized carbons (Fsp3) is 0.200. The second-order valence-corrected chi connectivity index (χ2v) is 5.91. The van der Waals surface area contributed by atoms with E-state index in [2.05, 4.69) is 5.32 Å². The molecule has 0 aliphatic carbocycles. The van der Waals surface area contributed by atoms with Gasteiger partial charge in [-0.3, -0.25) is 4.79 Å². The van der Waals surface area contributed by atoms with E-state index in [0.29, 0.717) is 0 Å². The van der Waals surface area contributed by atoms with Crippen LogP contribution in [0.15, 0.2) is 18.2 Å². The van der Waals surface area contributed by atoms with Gasteiger partial charge in [0, 0.05) is 5.02 Å². The molecule has 1 aromatic rings. The third kappa shape index (κ3) is 5.25. The third-order valence-electron chi connectivity index (χ3n) is 1.98. The maximum Gasteiger partial charge on any atom is 0.337 e. The first-order chi connectivity index (χ1) is 8.69. The van der Waals surface area contributed by atoms with E-state index < -0.39 is 28.4 Å². The molecule has 9 heteroatoms. The van der Waals surface area contributed by atoms with Crippen molar-refractivity contribution in [2.75, 3.05) is 18.1 Å². The van der Waals surface area contributed by atoms with Gasteiger partial charge in [0.15, 0.2) is 0 Å². The van der Waals surface area contributed by atoms with Gasteiger partial charge >= 0.3 is 5.97 Å². The van der Waals surface area contributed by atoms with Crippen molar-refractivity contribution >= 4 is 39.2 Å². The standard InChI is InChI=1S/C10H11ClN2O5S/c1-19(17,18)12-5-9(14)13-8-3-2-6(11)4-7(8)10(15)16/h2-4,12H,5H2,1H3,(H,13,14)(H,15,16). The molecule has 0 bridgehead atoms. The summed E-state index contributed by atoms with van der Waals surface area (Å²) in [5, 5.41) is 11.4. The van der Waals surface area contributed by atoms with Gasteiger partial charge in [0.25, 0.3) is 0 Å². The molecule has 0 unspecified atom stereocenters. The summed E-state index contributed by atoms with van der Waals surface area (Å²) in [5.41, 5.74) is -0.141. The van der Waals surface area contributed by atoms with Gasteiger partial charge in [0.2, 0.25) is 15.9 Å². The Bertz CT molecular complexity index is 614. The summed E-state index contributed by atoms with van der Waals surface area (Å²) in [7, 11) is -3.49. The second kappa shape index (κ2) is 6.00. The van der Waals surface area contributed by atoms with Crippen molar-refractivity contribution < 1.29 is 23.1 Å². The van der Waals surface area contributed by atoms with Crippen LogP contribution in [-0.4, -0.2) is 38.2 Å². The van der Waals surface area contributed by atoms with E-state index in [-0.39, 0.29) is 16.3 Å². The monoisotopic (exact) mass is 306 g/mol. The van der Waals surface area contributed by atoms with Gasteiger partial charge in [-0.15, -0.1) is 0 Å². The molecule has 0 aromatic heterocycles. The second-order valence-electron chi connectivity index (χ2n) is 3.64. The summed E-state index contributed by atoms with van der Waals surface area (Å²) in [6.45, 7) is -0.486. The van der Waals surface area contributed by atoms with Crippen LogP contribution in [0.1, 0.15) is 10.4 Å². The molecule has 19 heavy (non-hydrogen) atoms. The molecule has 0 aliphatic heterocycles. The van der Waals surface area contributed by atoms with Crippen molar-refractivity contribution in [2.24, 2.45) is 0 Å². The normalized spacial score (nSPS) is 11.1. The number of halogens is 1. The molecule has 1 aromatic carbocycles. The maximum absolute atomic E-state index is 11.5. The number of rotatable bonds is 5. The zero-order valence-corrected chi connectivity index (χ0v) is 11.4. The number of amides is 1. The smallest absolute Gasteiger partial charge is 0.337 e. The maximum atomic E-state index is 11.5. The number of anilines is 1. The Morgan fingerprint density at radius 3 is 2.53 bits per heavy atom. The minimum atomic E-state index is -3.49. The molecule has 7 nitrogen and oxygen atoms in total. The molecule has 0 heterocycles. The highest BCUT2D eigenvalue weighted by Crippen LogP contribution is 2.20. The first-order valence-electron chi connectivity index (χ1n) is 4.96. The molecule has 104 valence electrons. The SMILES string of the molecule is CS(=O)(=O)NCC(=O)Nc1ccc(Cl)cc1C(=O)O. The van der Waals surface area contributed by atoms with Crippen LogP contribution < -0.4 is 10.0 Å². The minimum Gasteiger partial charge on any atom is -0.478 e. The average Bonchev–Trinajstić information content (AvgIpc) is 2.28. The van der Waals surface area contributed by atoms with Gasteiger partial charge < -0.3 is 10.4 Å². The highest BCUT2D eigenvalue weighted by Gasteiger charge is 2.13. The van der Waals surface area contributed by atoms with Gasteiger partial charge in [-0.2, -0.15) is 0 Å². The summed E-state index contributed by atoms with van der Waals surface area (Å²) in [5.74, 6) is -1.94. The van der Waals surface area contributed by atoms with Crippen molar-refractivity contribution in [2.45, 2.75) is 0 Å². The van der Waals surface area contributed by atoms with E-state index in [4.69, 9.17) is 16.7 Å². The molecule has 0 aliphatic rings. The highest BCUT2D eigenvalue weighted by atomic mass is 35.5. The van der Waals surface area contributed by atoms with Crippen molar-refractivity contribution in [3.8, 4) is 0 Å². The van der Waals surface area contributed by atoms with Crippen molar-refractivity contribution in [3.63, 3.8) is 0 Å². The molecular formula is C10H11ClN2O5S. The van der Waals surface area contributed by atoms with Gasteiger partial charge in [-0.25, -0.2) is 17.9 Å². The fourth-order valence-electron chi connectivity index (χ4n) is 1.19. The quantitative estimate of drug-likeness (QED) is 0.734. The van der Waals surface area contributed by atoms with Gasteiger partial charge in [-0.05, 0) is 18.2 Å². The van der Waals surface area contributed by atoms with Crippen molar-refractivity contribution in [1.82, 2.24) is 4.72 Å². The first-order valence-corrected chi connectivity index (χ1v) is 7.23. The van der Waals surface area contributed by atoms with Crippen molar-refractivity contribution in [1.29, 1.82) is 0 Å². The lowest BCUT2D eigenvalue weighted by Gasteiger charge is -2.09. The average molecular weight is 307 g/mol. The topological polar surface area (TPSA) is 113 Å². The van der Waals surface area contributed by atoms with Crippen LogP contribution >= 0.6 is 11.6 Å². The predicted molar refractivity (Wildman–Crippen MR) is 69.9 cm³/mol. The Morgan fingerprint density at radius 1 is 1.37 bits per heavy atom. The number of carbonyl (C=O) groups is 2. The number of carboxylic acid groups (broad SMARTS) is 1. The lowest BCUT2D eigenvalue weighted by Crippen LogP contribution is -2.32.